The highest BCUT2D eigenvalue weighted by Gasteiger charge is 2.17. The molecule has 0 spiro atoms. The second-order valence-electron chi connectivity index (χ2n) is 4.57. The van der Waals surface area contributed by atoms with E-state index < -0.39 is 5.97 Å². The summed E-state index contributed by atoms with van der Waals surface area (Å²) in [4.78, 5) is 12.5. The van der Waals surface area contributed by atoms with Crippen molar-refractivity contribution in [2.45, 2.75) is 46.3 Å². The summed E-state index contributed by atoms with van der Waals surface area (Å²) >= 11 is 1.26. The number of hydrogen-bond donors (Lipinski definition) is 1. The van der Waals surface area contributed by atoms with Gasteiger partial charge in [0, 0.05) is 11.4 Å². The van der Waals surface area contributed by atoms with Crippen LogP contribution in [0.2, 0.25) is 0 Å². The molecule has 2 heterocycles. The van der Waals surface area contributed by atoms with Crippen LogP contribution in [0.1, 0.15) is 47.1 Å². The molecule has 0 unspecified atom stereocenters. The van der Waals surface area contributed by atoms with Gasteiger partial charge in [-0.25, -0.2) is 9.48 Å². The van der Waals surface area contributed by atoms with Crippen molar-refractivity contribution in [3.8, 4) is 5.75 Å². The molecule has 114 valence electrons. The molecule has 0 saturated heterocycles. The minimum absolute atomic E-state index is 0.162. The molecule has 21 heavy (non-hydrogen) atoms. The summed E-state index contributed by atoms with van der Waals surface area (Å²) in [7, 11) is 0. The molecule has 2 aromatic rings. The molecule has 0 bridgehead atoms. The number of thiophene rings is 1. The molecule has 8 heteroatoms. The number of hydrogen-bond acceptors (Lipinski definition) is 6. The number of ether oxygens (including phenoxy) is 1. The van der Waals surface area contributed by atoms with Crippen molar-refractivity contribution in [1.82, 2.24) is 20.2 Å². The Bertz CT molecular complexity index is 608. The van der Waals surface area contributed by atoms with Gasteiger partial charge in [-0.15, -0.1) is 16.4 Å². The van der Waals surface area contributed by atoms with Crippen LogP contribution in [0.5, 0.6) is 5.75 Å². The molecule has 0 radical (unpaired) electrons. The van der Waals surface area contributed by atoms with E-state index in [0.29, 0.717) is 18.1 Å². The average molecular weight is 310 g/mol. The van der Waals surface area contributed by atoms with Crippen LogP contribution in [-0.2, 0) is 19.6 Å². The number of carbonyl (C=O) groups is 1. The first-order valence-electron chi connectivity index (χ1n) is 6.89. The second kappa shape index (κ2) is 7.16. The molecular weight excluding hydrogens is 292 g/mol. The van der Waals surface area contributed by atoms with Gasteiger partial charge < -0.3 is 9.84 Å². The Morgan fingerprint density at radius 3 is 2.90 bits per heavy atom. The Balaban J connectivity index is 2.11. The van der Waals surface area contributed by atoms with Crippen LogP contribution in [0.3, 0.4) is 0 Å². The lowest BCUT2D eigenvalue weighted by Crippen LogP contribution is -2.09. The summed E-state index contributed by atoms with van der Waals surface area (Å²) in [5.74, 6) is 0.0175. The van der Waals surface area contributed by atoms with Gasteiger partial charge in [0.05, 0.1) is 0 Å². The van der Waals surface area contributed by atoms with Crippen LogP contribution in [0.25, 0.3) is 0 Å². The highest BCUT2D eigenvalue weighted by molar-refractivity contribution is 7.14. The van der Waals surface area contributed by atoms with Gasteiger partial charge in [0.25, 0.3) is 0 Å². The minimum Gasteiger partial charge on any atom is -0.484 e. The van der Waals surface area contributed by atoms with Crippen molar-refractivity contribution in [1.29, 1.82) is 0 Å². The zero-order chi connectivity index (χ0) is 15.2. The molecule has 2 aromatic heterocycles. The van der Waals surface area contributed by atoms with E-state index in [9.17, 15) is 9.90 Å². The molecule has 0 amide bonds. The fraction of sp³-hybridized carbons (Fsp3) is 0.538. The number of rotatable bonds is 8. The Morgan fingerprint density at radius 2 is 2.24 bits per heavy atom. The molecule has 0 aromatic carbocycles. The molecule has 0 fully saturated rings. The van der Waals surface area contributed by atoms with E-state index in [0.717, 1.165) is 24.1 Å². The third-order valence-corrected chi connectivity index (χ3v) is 4.00. The quantitative estimate of drug-likeness (QED) is 0.805. The van der Waals surface area contributed by atoms with Crippen molar-refractivity contribution in [2.75, 3.05) is 0 Å². The minimum atomic E-state index is -0.967. The lowest BCUT2D eigenvalue weighted by molar-refractivity contribution is 0.0697. The SMILES string of the molecule is CCCc1cc(OCc2nnnn2CCC)c(C(=O)O)s1. The van der Waals surface area contributed by atoms with Gasteiger partial charge >= 0.3 is 5.97 Å². The summed E-state index contributed by atoms with van der Waals surface area (Å²) in [5, 5.41) is 20.6. The Labute approximate surface area is 126 Å². The second-order valence-corrected chi connectivity index (χ2v) is 5.70. The van der Waals surface area contributed by atoms with Gasteiger partial charge in [-0.3, -0.25) is 0 Å². The van der Waals surface area contributed by atoms with Crippen molar-refractivity contribution in [3.05, 3.63) is 21.6 Å². The maximum Gasteiger partial charge on any atom is 0.349 e. The van der Waals surface area contributed by atoms with Gasteiger partial charge in [-0.1, -0.05) is 20.3 Å². The summed E-state index contributed by atoms with van der Waals surface area (Å²) in [6, 6.07) is 1.80. The summed E-state index contributed by atoms with van der Waals surface area (Å²) in [5.41, 5.74) is 0. The zero-order valence-electron chi connectivity index (χ0n) is 12.1. The highest BCUT2D eigenvalue weighted by atomic mass is 32.1. The van der Waals surface area contributed by atoms with E-state index >= 15 is 0 Å². The van der Waals surface area contributed by atoms with Crippen molar-refractivity contribution in [3.63, 3.8) is 0 Å². The molecule has 1 N–H and O–H groups in total. The lowest BCUT2D eigenvalue weighted by Gasteiger charge is -2.05. The van der Waals surface area contributed by atoms with Crippen LogP contribution < -0.4 is 4.74 Å². The van der Waals surface area contributed by atoms with Gasteiger partial charge in [-0.05, 0) is 29.3 Å². The Hall–Kier alpha value is -1.96. The number of aromatic carboxylic acids is 1. The summed E-state index contributed by atoms with van der Waals surface area (Å²) < 4.78 is 7.29. The topological polar surface area (TPSA) is 90.1 Å². The smallest absolute Gasteiger partial charge is 0.349 e. The van der Waals surface area contributed by atoms with Gasteiger partial charge in [0.1, 0.15) is 12.4 Å². The number of carboxylic acid groups (broad SMARTS) is 1. The van der Waals surface area contributed by atoms with Crippen molar-refractivity contribution in [2.24, 2.45) is 0 Å². The van der Waals surface area contributed by atoms with Crippen LogP contribution >= 0.6 is 11.3 Å². The molecule has 0 saturated carbocycles. The summed E-state index contributed by atoms with van der Waals surface area (Å²) in [6.07, 6.45) is 2.73. The van der Waals surface area contributed by atoms with E-state index in [1.807, 2.05) is 6.92 Å². The fourth-order valence-corrected chi connectivity index (χ4v) is 2.94. The average Bonchev–Trinajstić information content (AvgIpc) is 3.04. The number of nitrogens with zero attached hydrogens (tertiary/aromatic N) is 4. The van der Waals surface area contributed by atoms with E-state index in [4.69, 9.17) is 4.74 Å². The number of tetrazole rings is 1. The van der Waals surface area contributed by atoms with Crippen LogP contribution in [-0.4, -0.2) is 31.3 Å². The normalized spacial score (nSPS) is 10.8. The molecule has 0 atom stereocenters. The first-order valence-corrected chi connectivity index (χ1v) is 7.71. The summed E-state index contributed by atoms with van der Waals surface area (Å²) in [6.45, 7) is 4.96. The third-order valence-electron chi connectivity index (χ3n) is 2.84. The van der Waals surface area contributed by atoms with Crippen molar-refractivity contribution < 1.29 is 14.6 Å². The number of aryl methyl sites for hydroxylation is 2. The lowest BCUT2D eigenvalue weighted by atomic mass is 10.3. The molecule has 0 aliphatic heterocycles. The van der Waals surface area contributed by atoms with Gasteiger partial charge in [0.2, 0.25) is 0 Å². The number of aromatic nitrogens is 4. The molecular formula is C13H18N4O3S. The van der Waals surface area contributed by atoms with Crippen molar-refractivity contribution >= 4 is 17.3 Å². The first-order chi connectivity index (χ1) is 10.2. The van der Waals surface area contributed by atoms with Gasteiger partial charge in [-0.2, -0.15) is 0 Å². The molecule has 2 rings (SSSR count). The maximum absolute atomic E-state index is 11.3. The fourth-order valence-electron chi connectivity index (χ4n) is 1.90. The van der Waals surface area contributed by atoms with E-state index in [-0.39, 0.29) is 11.5 Å². The third kappa shape index (κ3) is 3.78. The highest BCUT2D eigenvalue weighted by Crippen LogP contribution is 2.30. The molecule has 0 aliphatic carbocycles. The predicted octanol–water partition coefficient (Wildman–Crippen LogP) is 2.37. The van der Waals surface area contributed by atoms with Crippen LogP contribution in [0.15, 0.2) is 6.07 Å². The molecule has 7 nitrogen and oxygen atoms in total. The monoisotopic (exact) mass is 310 g/mol. The maximum atomic E-state index is 11.3. The Morgan fingerprint density at radius 1 is 1.43 bits per heavy atom. The molecule has 0 aliphatic rings. The first kappa shape index (κ1) is 15.4. The number of carboxylic acids is 1. The van der Waals surface area contributed by atoms with E-state index in [2.05, 4.69) is 22.4 Å². The zero-order valence-corrected chi connectivity index (χ0v) is 12.9. The standard InChI is InChI=1S/C13H18N4O3S/c1-3-5-9-7-10(12(21-9)13(18)19)20-8-11-14-15-16-17(11)6-4-2/h7H,3-6,8H2,1-2H3,(H,18,19). The van der Waals surface area contributed by atoms with Crippen LogP contribution in [0, 0.1) is 0 Å². The van der Waals surface area contributed by atoms with Gasteiger partial charge in [0.15, 0.2) is 10.7 Å². The predicted molar refractivity (Wildman–Crippen MR) is 77.7 cm³/mol. The van der Waals surface area contributed by atoms with Crippen LogP contribution in [0.4, 0.5) is 0 Å². The largest absolute Gasteiger partial charge is 0.484 e. The van der Waals surface area contributed by atoms with E-state index in [1.54, 1.807) is 10.7 Å². The van der Waals surface area contributed by atoms with E-state index in [1.165, 1.54) is 11.3 Å². The Kier molecular flexibility index (Phi) is 5.26.